The van der Waals surface area contributed by atoms with Crippen LogP contribution in [0.25, 0.3) is 5.76 Å². The smallest absolute Gasteiger partial charge is 0.136 e. The van der Waals surface area contributed by atoms with E-state index in [-0.39, 0.29) is 5.41 Å². The van der Waals surface area contributed by atoms with Crippen LogP contribution in [0.2, 0.25) is 10.0 Å². The first-order chi connectivity index (χ1) is 12.5. The fourth-order valence-corrected chi connectivity index (χ4v) is 5.48. The summed E-state index contributed by atoms with van der Waals surface area (Å²) >= 11 is 16.3. The molecule has 2 aromatic rings. The van der Waals surface area contributed by atoms with Crippen LogP contribution in [0.1, 0.15) is 56.6 Å². The maximum Gasteiger partial charge on any atom is 0.136 e. The predicted molar refractivity (Wildman–Crippen MR) is 113 cm³/mol. The van der Waals surface area contributed by atoms with Crippen molar-refractivity contribution >= 4 is 44.9 Å². The highest BCUT2D eigenvalue weighted by molar-refractivity contribution is 9.10. The minimum absolute atomic E-state index is 0.0551. The monoisotopic (exact) mass is 450 g/mol. The minimum atomic E-state index is 0.0551. The number of hydrogen-bond acceptors (Lipinski definition) is 1. The van der Waals surface area contributed by atoms with Crippen LogP contribution >= 0.6 is 39.1 Å². The third kappa shape index (κ3) is 3.00. The molecule has 0 atom stereocenters. The Labute approximate surface area is 173 Å². The Balaban J connectivity index is 1.97. The number of benzene rings is 2. The molecule has 1 heterocycles. The Kier molecular flexibility index (Phi) is 5.11. The maximum atomic E-state index is 6.56. The van der Waals surface area contributed by atoms with Crippen molar-refractivity contribution in [1.82, 2.24) is 0 Å². The van der Waals surface area contributed by atoms with Gasteiger partial charge >= 0.3 is 0 Å². The minimum Gasteiger partial charge on any atom is -0.456 e. The summed E-state index contributed by atoms with van der Waals surface area (Å²) in [5.41, 5.74) is 3.69. The van der Waals surface area contributed by atoms with Crippen LogP contribution in [-0.4, -0.2) is 0 Å². The van der Waals surface area contributed by atoms with Gasteiger partial charge in [-0.3, -0.25) is 0 Å². The van der Waals surface area contributed by atoms with E-state index in [0.29, 0.717) is 10.0 Å². The van der Waals surface area contributed by atoms with Crippen molar-refractivity contribution in [3.05, 3.63) is 67.6 Å². The summed E-state index contributed by atoms with van der Waals surface area (Å²) in [4.78, 5) is 0. The zero-order chi connectivity index (χ0) is 18.3. The molecule has 1 aliphatic carbocycles. The van der Waals surface area contributed by atoms with E-state index in [4.69, 9.17) is 27.9 Å². The Bertz CT molecular complexity index is 882. The van der Waals surface area contributed by atoms with Crippen LogP contribution in [0.5, 0.6) is 5.75 Å². The quantitative estimate of drug-likeness (QED) is 0.447. The lowest BCUT2D eigenvalue weighted by atomic mass is 9.62. The molecule has 0 amide bonds. The van der Waals surface area contributed by atoms with Gasteiger partial charge in [-0.2, -0.15) is 0 Å². The van der Waals surface area contributed by atoms with Gasteiger partial charge in [-0.25, -0.2) is 0 Å². The summed E-state index contributed by atoms with van der Waals surface area (Å²) in [6, 6.07) is 12.1. The molecule has 0 N–H and O–H groups in total. The van der Waals surface area contributed by atoms with Crippen molar-refractivity contribution in [2.75, 3.05) is 0 Å². The lowest BCUT2D eigenvalue weighted by molar-refractivity contribution is 0.305. The summed E-state index contributed by atoms with van der Waals surface area (Å²) in [6.45, 7) is 2.22. The first-order valence-corrected chi connectivity index (χ1v) is 10.8. The Hall–Kier alpha value is -0.960. The molecule has 0 bridgehead atoms. The fraction of sp³-hybridized carbons (Fsp3) is 0.364. The van der Waals surface area contributed by atoms with Gasteiger partial charge in [0, 0.05) is 26.0 Å². The SMILES string of the molecule is CCC1=C(c2ccc(Cl)cc2Cl)Oc2cc(Br)ccc2C12CCCCC2. The third-order valence-corrected chi connectivity index (χ3v) is 6.80. The molecule has 136 valence electrons. The van der Waals surface area contributed by atoms with Gasteiger partial charge in [0.05, 0.1) is 5.02 Å². The van der Waals surface area contributed by atoms with E-state index in [2.05, 4.69) is 41.1 Å². The molecular formula is C22H21BrCl2O. The second kappa shape index (κ2) is 7.22. The van der Waals surface area contributed by atoms with Crippen LogP contribution in [0.15, 0.2) is 46.4 Å². The lowest BCUT2D eigenvalue weighted by Crippen LogP contribution is -2.35. The molecular weight excluding hydrogens is 431 g/mol. The van der Waals surface area contributed by atoms with Gasteiger partial charge in [0.1, 0.15) is 11.5 Å². The van der Waals surface area contributed by atoms with Crippen molar-refractivity contribution in [3.8, 4) is 5.75 Å². The Morgan fingerprint density at radius 2 is 1.81 bits per heavy atom. The Morgan fingerprint density at radius 1 is 1.04 bits per heavy atom. The fourth-order valence-electron chi connectivity index (χ4n) is 4.64. The van der Waals surface area contributed by atoms with Crippen LogP contribution < -0.4 is 4.74 Å². The molecule has 1 aliphatic heterocycles. The highest BCUT2D eigenvalue weighted by Crippen LogP contribution is 2.55. The number of allylic oxidation sites excluding steroid dienone is 1. The van der Waals surface area contributed by atoms with Gasteiger partial charge < -0.3 is 4.74 Å². The Morgan fingerprint density at radius 3 is 2.50 bits per heavy atom. The molecule has 0 saturated heterocycles. The molecule has 1 spiro atoms. The lowest BCUT2D eigenvalue weighted by Gasteiger charge is -2.44. The highest BCUT2D eigenvalue weighted by Gasteiger charge is 2.44. The zero-order valence-corrected chi connectivity index (χ0v) is 17.8. The van der Waals surface area contributed by atoms with Crippen molar-refractivity contribution in [2.24, 2.45) is 0 Å². The van der Waals surface area contributed by atoms with Crippen molar-refractivity contribution < 1.29 is 4.74 Å². The van der Waals surface area contributed by atoms with Gasteiger partial charge in [-0.15, -0.1) is 0 Å². The summed E-state index contributed by atoms with van der Waals surface area (Å²) in [6.07, 6.45) is 7.10. The van der Waals surface area contributed by atoms with Gasteiger partial charge in [-0.1, -0.05) is 71.4 Å². The van der Waals surface area contributed by atoms with Crippen molar-refractivity contribution in [3.63, 3.8) is 0 Å². The first-order valence-electron chi connectivity index (χ1n) is 9.22. The summed E-state index contributed by atoms with van der Waals surface area (Å²) in [5.74, 6) is 1.86. The molecule has 4 rings (SSSR count). The van der Waals surface area contributed by atoms with Crippen LogP contribution in [-0.2, 0) is 5.41 Å². The second-order valence-electron chi connectivity index (χ2n) is 7.17. The van der Waals surface area contributed by atoms with E-state index >= 15 is 0 Å². The zero-order valence-electron chi connectivity index (χ0n) is 14.7. The molecule has 1 fully saturated rings. The molecule has 0 aromatic heterocycles. The molecule has 1 nitrogen and oxygen atoms in total. The number of halogens is 3. The third-order valence-electron chi connectivity index (χ3n) is 5.76. The van der Waals surface area contributed by atoms with Crippen LogP contribution in [0.3, 0.4) is 0 Å². The predicted octanol–water partition coefficient (Wildman–Crippen LogP) is 8.17. The average Bonchev–Trinajstić information content (AvgIpc) is 2.62. The highest BCUT2D eigenvalue weighted by atomic mass is 79.9. The first kappa shape index (κ1) is 18.4. The molecule has 0 unspecified atom stereocenters. The van der Waals surface area contributed by atoms with Gasteiger partial charge in [0.2, 0.25) is 0 Å². The van der Waals surface area contributed by atoms with Gasteiger partial charge in [-0.05, 0) is 55.2 Å². The van der Waals surface area contributed by atoms with Gasteiger partial charge in [0.25, 0.3) is 0 Å². The van der Waals surface area contributed by atoms with E-state index in [1.54, 1.807) is 6.07 Å². The van der Waals surface area contributed by atoms with E-state index in [1.165, 1.54) is 43.2 Å². The number of ether oxygens (including phenoxy) is 1. The van der Waals surface area contributed by atoms with Crippen LogP contribution in [0, 0.1) is 0 Å². The standard InChI is InChI=1S/C22H21BrCl2O/c1-2-17-21(16-8-7-15(24)13-19(16)25)26-20-12-14(23)6-9-18(20)22(17)10-4-3-5-11-22/h6-9,12-13H,2-5,10-11H2,1H3. The molecule has 0 radical (unpaired) electrons. The molecule has 2 aromatic carbocycles. The van der Waals surface area contributed by atoms with E-state index < -0.39 is 0 Å². The molecule has 26 heavy (non-hydrogen) atoms. The van der Waals surface area contributed by atoms with E-state index in [0.717, 1.165) is 28.0 Å². The topological polar surface area (TPSA) is 9.23 Å². The number of rotatable bonds is 2. The summed E-state index contributed by atoms with van der Waals surface area (Å²) < 4.78 is 7.50. The second-order valence-corrected chi connectivity index (χ2v) is 8.93. The largest absolute Gasteiger partial charge is 0.456 e. The number of hydrogen-bond donors (Lipinski definition) is 0. The average molecular weight is 452 g/mol. The molecule has 4 heteroatoms. The van der Waals surface area contributed by atoms with E-state index in [9.17, 15) is 0 Å². The molecule has 2 aliphatic rings. The normalized spacial score (nSPS) is 18.6. The maximum absolute atomic E-state index is 6.56. The molecule has 1 saturated carbocycles. The van der Waals surface area contributed by atoms with E-state index in [1.807, 2.05) is 12.1 Å². The number of fused-ring (bicyclic) bond motifs is 2. The summed E-state index contributed by atoms with van der Waals surface area (Å²) in [5, 5.41) is 1.28. The van der Waals surface area contributed by atoms with Crippen LogP contribution in [0.4, 0.5) is 0 Å². The van der Waals surface area contributed by atoms with Gasteiger partial charge in [0.15, 0.2) is 0 Å². The van der Waals surface area contributed by atoms with Crippen molar-refractivity contribution in [2.45, 2.75) is 50.9 Å². The van der Waals surface area contributed by atoms with Crippen molar-refractivity contribution in [1.29, 1.82) is 0 Å². The summed E-state index contributed by atoms with van der Waals surface area (Å²) in [7, 11) is 0.